The molecule has 3 aromatic carbocycles. The molecule has 0 saturated carbocycles. The van der Waals surface area contributed by atoms with Gasteiger partial charge < -0.3 is 0 Å². The molecule has 0 heterocycles. The van der Waals surface area contributed by atoms with Crippen molar-refractivity contribution in [2.75, 3.05) is 0 Å². The van der Waals surface area contributed by atoms with E-state index in [0.29, 0.717) is 5.56 Å². The first-order valence-corrected chi connectivity index (χ1v) is 7.32. The monoisotopic (exact) mass is 294 g/mol. The molecule has 0 spiro atoms. The molecule has 3 aromatic rings. The molecule has 0 aromatic heterocycles. The van der Waals surface area contributed by atoms with Gasteiger partial charge in [0, 0.05) is 0 Å². The Bertz CT molecular complexity index is 772. The summed E-state index contributed by atoms with van der Waals surface area (Å²) in [6.45, 7) is 2.13. The van der Waals surface area contributed by atoms with Gasteiger partial charge in [-0.3, -0.25) is 0 Å². The molecule has 0 fully saturated rings. The number of halogens is 2. The van der Waals surface area contributed by atoms with E-state index >= 15 is 0 Å². The van der Waals surface area contributed by atoms with Gasteiger partial charge in [0.15, 0.2) is 11.6 Å². The Morgan fingerprint density at radius 2 is 1.05 bits per heavy atom. The standard InChI is InChI=1S/C20H16F2/c1-2-14-3-5-15(6-4-14)16-7-9-17(10-8-16)18-11-12-19(21)20(22)13-18/h3-13H,2H2,1H3. The van der Waals surface area contributed by atoms with Crippen LogP contribution in [0.5, 0.6) is 0 Å². The fourth-order valence-electron chi connectivity index (χ4n) is 2.46. The quantitative estimate of drug-likeness (QED) is 0.567. The molecule has 110 valence electrons. The smallest absolute Gasteiger partial charge is 0.159 e. The van der Waals surface area contributed by atoms with Crippen LogP contribution in [0.2, 0.25) is 0 Å². The van der Waals surface area contributed by atoms with Crippen LogP contribution in [0.25, 0.3) is 22.3 Å². The van der Waals surface area contributed by atoms with Gasteiger partial charge in [-0.2, -0.15) is 0 Å². The Kier molecular flexibility index (Phi) is 4.01. The average Bonchev–Trinajstić information content (AvgIpc) is 2.58. The fourth-order valence-corrected chi connectivity index (χ4v) is 2.46. The van der Waals surface area contributed by atoms with Crippen LogP contribution in [-0.4, -0.2) is 0 Å². The topological polar surface area (TPSA) is 0 Å². The molecule has 0 aliphatic rings. The summed E-state index contributed by atoms with van der Waals surface area (Å²) in [4.78, 5) is 0. The molecule has 2 heteroatoms. The molecule has 0 atom stereocenters. The molecule has 3 rings (SSSR count). The number of benzene rings is 3. The van der Waals surface area contributed by atoms with Crippen molar-refractivity contribution in [2.45, 2.75) is 13.3 Å². The van der Waals surface area contributed by atoms with Crippen molar-refractivity contribution in [3.05, 3.63) is 83.9 Å². The molecule has 0 unspecified atom stereocenters. The van der Waals surface area contributed by atoms with Crippen LogP contribution in [0, 0.1) is 11.6 Å². The second kappa shape index (κ2) is 6.10. The Hall–Kier alpha value is -2.48. The highest BCUT2D eigenvalue weighted by atomic mass is 19.2. The highest BCUT2D eigenvalue weighted by Crippen LogP contribution is 2.26. The minimum absolute atomic E-state index is 0.673. The summed E-state index contributed by atoms with van der Waals surface area (Å²) >= 11 is 0. The number of aryl methyl sites for hydroxylation is 1. The zero-order valence-electron chi connectivity index (χ0n) is 12.3. The summed E-state index contributed by atoms with van der Waals surface area (Å²) in [5.74, 6) is -1.65. The van der Waals surface area contributed by atoms with Crippen LogP contribution in [0.15, 0.2) is 66.7 Å². The van der Waals surface area contributed by atoms with Crippen molar-refractivity contribution in [3.63, 3.8) is 0 Å². The lowest BCUT2D eigenvalue weighted by Gasteiger charge is -2.06. The van der Waals surface area contributed by atoms with E-state index in [2.05, 4.69) is 31.2 Å². The molecule has 22 heavy (non-hydrogen) atoms. The van der Waals surface area contributed by atoms with Crippen molar-refractivity contribution < 1.29 is 8.78 Å². The normalized spacial score (nSPS) is 10.7. The second-order valence-corrected chi connectivity index (χ2v) is 5.26. The van der Waals surface area contributed by atoms with E-state index in [9.17, 15) is 8.78 Å². The molecule has 0 N–H and O–H groups in total. The largest absolute Gasteiger partial charge is 0.204 e. The predicted molar refractivity (Wildman–Crippen MR) is 86.6 cm³/mol. The third-order valence-corrected chi connectivity index (χ3v) is 3.83. The van der Waals surface area contributed by atoms with E-state index < -0.39 is 11.6 Å². The summed E-state index contributed by atoms with van der Waals surface area (Å²) in [5, 5.41) is 0. The van der Waals surface area contributed by atoms with E-state index in [1.807, 2.05) is 24.3 Å². The van der Waals surface area contributed by atoms with E-state index in [-0.39, 0.29) is 0 Å². The first-order chi connectivity index (χ1) is 10.7. The number of rotatable bonds is 3. The summed E-state index contributed by atoms with van der Waals surface area (Å²) < 4.78 is 26.3. The minimum atomic E-state index is -0.823. The first-order valence-electron chi connectivity index (χ1n) is 7.32. The zero-order chi connectivity index (χ0) is 15.5. The van der Waals surface area contributed by atoms with Crippen molar-refractivity contribution in [1.82, 2.24) is 0 Å². The summed E-state index contributed by atoms with van der Waals surface area (Å²) in [7, 11) is 0. The van der Waals surface area contributed by atoms with Gasteiger partial charge >= 0.3 is 0 Å². The zero-order valence-corrected chi connectivity index (χ0v) is 12.3. The van der Waals surface area contributed by atoms with Gasteiger partial charge in [-0.25, -0.2) is 8.78 Å². The number of hydrogen-bond donors (Lipinski definition) is 0. The molecule has 0 radical (unpaired) electrons. The molecule has 0 aliphatic carbocycles. The third kappa shape index (κ3) is 2.91. The lowest BCUT2D eigenvalue weighted by molar-refractivity contribution is 0.509. The lowest BCUT2D eigenvalue weighted by Crippen LogP contribution is -1.86. The molecular weight excluding hydrogens is 278 g/mol. The number of hydrogen-bond acceptors (Lipinski definition) is 0. The highest BCUT2D eigenvalue weighted by molar-refractivity contribution is 5.70. The maximum atomic E-state index is 13.3. The van der Waals surface area contributed by atoms with Crippen molar-refractivity contribution in [3.8, 4) is 22.3 Å². The maximum absolute atomic E-state index is 13.3. The van der Waals surface area contributed by atoms with Crippen LogP contribution < -0.4 is 0 Å². The molecule has 0 nitrogen and oxygen atoms in total. The highest BCUT2D eigenvalue weighted by Gasteiger charge is 2.05. The lowest BCUT2D eigenvalue weighted by atomic mass is 9.99. The van der Waals surface area contributed by atoms with E-state index in [1.165, 1.54) is 11.6 Å². The van der Waals surface area contributed by atoms with Crippen molar-refractivity contribution in [2.24, 2.45) is 0 Å². The average molecular weight is 294 g/mol. The molecule has 0 saturated heterocycles. The Balaban J connectivity index is 1.89. The minimum Gasteiger partial charge on any atom is -0.204 e. The van der Waals surface area contributed by atoms with Gasteiger partial charge in [-0.15, -0.1) is 0 Å². The van der Waals surface area contributed by atoms with Crippen LogP contribution in [0.3, 0.4) is 0 Å². The maximum Gasteiger partial charge on any atom is 0.159 e. The molecular formula is C20H16F2. The summed E-state index contributed by atoms with van der Waals surface area (Å²) in [6.07, 6.45) is 1.02. The molecule has 0 aliphatic heterocycles. The van der Waals surface area contributed by atoms with Gasteiger partial charge in [0.2, 0.25) is 0 Å². The Labute approximate surface area is 129 Å². The van der Waals surface area contributed by atoms with Gasteiger partial charge in [-0.05, 0) is 46.4 Å². The van der Waals surface area contributed by atoms with Gasteiger partial charge in [0.25, 0.3) is 0 Å². The Morgan fingerprint density at radius 3 is 1.55 bits per heavy atom. The van der Waals surface area contributed by atoms with Crippen LogP contribution in [0.4, 0.5) is 8.78 Å². The van der Waals surface area contributed by atoms with Crippen LogP contribution in [-0.2, 0) is 6.42 Å². The van der Waals surface area contributed by atoms with Gasteiger partial charge in [0.05, 0.1) is 0 Å². The molecule has 0 bridgehead atoms. The fraction of sp³-hybridized carbons (Fsp3) is 0.100. The van der Waals surface area contributed by atoms with Gasteiger partial charge in [0.1, 0.15) is 0 Å². The molecule has 0 amide bonds. The second-order valence-electron chi connectivity index (χ2n) is 5.26. The van der Waals surface area contributed by atoms with Crippen molar-refractivity contribution in [1.29, 1.82) is 0 Å². The first kappa shape index (κ1) is 14.5. The van der Waals surface area contributed by atoms with E-state index in [1.54, 1.807) is 6.07 Å². The summed E-state index contributed by atoms with van der Waals surface area (Å²) in [5.41, 5.74) is 5.10. The van der Waals surface area contributed by atoms with Crippen LogP contribution >= 0.6 is 0 Å². The predicted octanol–water partition coefficient (Wildman–Crippen LogP) is 5.86. The third-order valence-electron chi connectivity index (χ3n) is 3.83. The van der Waals surface area contributed by atoms with Crippen molar-refractivity contribution >= 4 is 0 Å². The van der Waals surface area contributed by atoms with Gasteiger partial charge in [-0.1, -0.05) is 61.5 Å². The van der Waals surface area contributed by atoms with E-state index in [4.69, 9.17) is 0 Å². The Morgan fingerprint density at radius 1 is 0.591 bits per heavy atom. The van der Waals surface area contributed by atoms with E-state index in [0.717, 1.165) is 29.2 Å². The van der Waals surface area contributed by atoms with Crippen LogP contribution in [0.1, 0.15) is 12.5 Å². The SMILES string of the molecule is CCc1ccc(-c2ccc(-c3ccc(F)c(F)c3)cc2)cc1. The summed E-state index contributed by atoms with van der Waals surface area (Å²) in [6, 6.07) is 20.3.